The van der Waals surface area contributed by atoms with Gasteiger partial charge in [-0.3, -0.25) is 9.48 Å². The Morgan fingerprint density at radius 2 is 2.24 bits per heavy atom. The van der Waals surface area contributed by atoms with Gasteiger partial charge in [0.2, 0.25) is 0 Å². The van der Waals surface area contributed by atoms with Gasteiger partial charge in [0.25, 0.3) is 5.56 Å². The zero-order valence-corrected chi connectivity index (χ0v) is 10.1. The van der Waals surface area contributed by atoms with Gasteiger partial charge in [-0.15, -0.1) is 0 Å². The molecular formula is C12H16N4O. The van der Waals surface area contributed by atoms with E-state index in [0.717, 1.165) is 24.1 Å². The number of hydrogen-bond acceptors (Lipinski definition) is 3. The van der Waals surface area contributed by atoms with Crippen molar-refractivity contribution in [3.63, 3.8) is 0 Å². The topological polar surface area (TPSA) is 63.6 Å². The van der Waals surface area contributed by atoms with Gasteiger partial charge in [-0.05, 0) is 25.2 Å². The summed E-state index contributed by atoms with van der Waals surface area (Å²) in [5.74, 6) is 0.263. The molecule has 3 rings (SSSR count). The Labute approximate surface area is 98.8 Å². The lowest BCUT2D eigenvalue weighted by atomic mass is 9.93. The van der Waals surface area contributed by atoms with E-state index in [9.17, 15) is 4.79 Å². The van der Waals surface area contributed by atoms with Gasteiger partial charge < -0.3 is 0 Å². The zero-order valence-electron chi connectivity index (χ0n) is 10.1. The molecule has 1 N–H and O–H groups in total. The molecule has 1 aliphatic carbocycles. The molecule has 1 saturated carbocycles. The van der Waals surface area contributed by atoms with Gasteiger partial charge >= 0.3 is 0 Å². The van der Waals surface area contributed by atoms with E-state index in [0.29, 0.717) is 11.4 Å². The third-order valence-electron chi connectivity index (χ3n) is 3.49. The minimum atomic E-state index is -0.144. The zero-order chi connectivity index (χ0) is 12.0. The summed E-state index contributed by atoms with van der Waals surface area (Å²) in [5.41, 5.74) is 1.49. The van der Waals surface area contributed by atoms with Crippen LogP contribution in [0.5, 0.6) is 0 Å². The minimum absolute atomic E-state index is 0.144. The number of hydrogen-bond donors (Lipinski definition) is 1. The molecule has 0 unspecified atom stereocenters. The number of nitrogens with one attached hydrogen (secondary N) is 1. The molecule has 0 bridgehead atoms. The van der Waals surface area contributed by atoms with E-state index >= 15 is 0 Å². The summed E-state index contributed by atoms with van der Waals surface area (Å²) in [5, 5.41) is 11.9. The van der Waals surface area contributed by atoms with Crippen LogP contribution in [-0.4, -0.2) is 20.0 Å². The molecule has 2 heterocycles. The van der Waals surface area contributed by atoms with E-state index in [4.69, 9.17) is 0 Å². The Bertz CT molecular complexity index is 606. The second-order valence-corrected chi connectivity index (χ2v) is 5.05. The SMILES string of the molecule is CC(C)c1n[nH]c(=O)c2cn(C3CCC3)nc12. The number of nitrogens with zero attached hydrogens (tertiary/aromatic N) is 3. The minimum Gasteiger partial charge on any atom is -0.268 e. The highest BCUT2D eigenvalue weighted by atomic mass is 16.1. The second kappa shape index (κ2) is 3.68. The second-order valence-electron chi connectivity index (χ2n) is 5.05. The van der Waals surface area contributed by atoms with Crippen LogP contribution in [0, 0.1) is 0 Å². The molecule has 0 radical (unpaired) electrons. The average molecular weight is 232 g/mol. The van der Waals surface area contributed by atoms with Gasteiger partial charge in [0.15, 0.2) is 0 Å². The lowest BCUT2D eigenvalue weighted by Crippen LogP contribution is -2.17. The maximum Gasteiger partial charge on any atom is 0.275 e. The molecule has 5 heteroatoms. The van der Waals surface area contributed by atoms with Gasteiger partial charge in [-0.25, -0.2) is 5.10 Å². The lowest BCUT2D eigenvalue weighted by molar-refractivity contribution is 0.291. The third kappa shape index (κ3) is 1.57. The summed E-state index contributed by atoms with van der Waals surface area (Å²) in [7, 11) is 0. The van der Waals surface area contributed by atoms with E-state index in [2.05, 4.69) is 29.1 Å². The molecule has 0 atom stereocenters. The molecule has 0 aliphatic heterocycles. The largest absolute Gasteiger partial charge is 0.275 e. The standard InChI is InChI=1S/C12H16N4O/c1-7(2)10-11-9(12(17)14-13-10)6-16(15-11)8-4-3-5-8/h6-8H,3-5H2,1-2H3,(H,14,17). The summed E-state index contributed by atoms with van der Waals surface area (Å²) < 4.78 is 1.94. The summed E-state index contributed by atoms with van der Waals surface area (Å²) in [6.07, 6.45) is 5.45. The smallest absolute Gasteiger partial charge is 0.268 e. The van der Waals surface area contributed by atoms with Crippen LogP contribution in [0.3, 0.4) is 0 Å². The van der Waals surface area contributed by atoms with Gasteiger partial charge in [0, 0.05) is 6.20 Å². The molecule has 1 fully saturated rings. The predicted octanol–water partition coefficient (Wildman–Crippen LogP) is 1.97. The van der Waals surface area contributed by atoms with E-state index in [1.165, 1.54) is 6.42 Å². The van der Waals surface area contributed by atoms with Crippen molar-refractivity contribution < 1.29 is 0 Å². The molecular weight excluding hydrogens is 216 g/mol. The van der Waals surface area contributed by atoms with Crippen molar-refractivity contribution >= 4 is 10.9 Å². The summed E-state index contributed by atoms with van der Waals surface area (Å²) in [6, 6.07) is 0.474. The quantitative estimate of drug-likeness (QED) is 0.861. The highest BCUT2D eigenvalue weighted by Gasteiger charge is 2.22. The summed E-state index contributed by atoms with van der Waals surface area (Å²) in [4.78, 5) is 11.7. The van der Waals surface area contributed by atoms with Gasteiger partial charge in [-0.1, -0.05) is 13.8 Å². The van der Waals surface area contributed by atoms with E-state index in [1.807, 2.05) is 10.9 Å². The van der Waals surface area contributed by atoms with Crippen molar-refractivity contribution in [3.8, 4) is 0 Å². The van der Waals surface area contributed by atoms with Crippen LogP contribution < -0.4 is 5.56 Å². The van der Waals surface area contributed by atoms with Crippen LogP contribution in [0.2, 0.25) is 0 Å². The van der Waals surface area contributed by atoms with E-state index in [1.54, 1.807) is 0 Å². The molecule has 0 amide bonds. The highest BCUT2D eigenvalue weighted by molar-refractivity contribution is 5.79. The fourth-order valence-corrected chi connectivity index (χ4v) is 2.21. The summed E-state index contributed by atoms with van der Waals surface area (Å²) in [6.45, 7) is 4.12. The van der Waals surface area contributed by atoms with Crippen molar-refractivity contribution in [2.45, 2.75) is 45.1 Å². The van der Waals surface area contributed by atoms with Crippen molar-refractivity contribution in [3.05, 3.63) is 22.2 Å². The first-order valence-corrected chi connectivity index (χ1v) is 6.14. The van der Waals surface area contributed by atoms with Crippen molar-refractivity contribution in [2.24, 2.45) is 0 Å². The van der Waals surface area contributed by atoms with Crippen LogP contribution in [-0.2, 0) is 0 Å². The normalized spacial score (nSPS) is 16.6. The van der Waals surface area contributed by atoms with Crippen molar-refractivity contribution in [1.82, 2.24) is 20.0 Å². The number of fused-ring (bicyclic) bond motifs is 1. The Morgan fingerprint density at radius 3 is 2.82 bits per heavy atom. The molecule has 90 valence electrons. The van der Waals surface area contributed by atoms with Crippen LogP contribution >= 0.6 is 0 Å². The fraction of sp³-hybridized carbons (Fsp3) is 0.583. The molecule has 0 aromatic carbocycles. The van der Waals surface area contributed by atoms with Crippen molar-refractivity contribution in [2.75, 3.05) is 0 Å². The molecule has 5 nitrogen and oxygen atoms in total. The average Bonchev–Trinajstić information content (AvgIpc) is 2.59. The molecule has 0 saturated heterocycles. The van der Waals surface area contributed by atoms with Gasteiger partial charge in [0.05, 0.1) is 17.1 Å². The first-order valence-electron chi connectivity index (χ1n) is 6.14. The Hall–Kier alpha value is -1.65. The Balaban J connectivity index is 2.21. The molecule has 0 spiro atoms. The number of aromatic nitrogens is 4. The maximum atomic E-state index is 11.7. The first-order chi connectivity index (χ1) is 8.16. The highest BCUT2D eigenvalue weighted by Crippen LogP contribution is 2.32. The van der Waals surface area contributed by atoms with E-state index < -0.39 is 0 Å². The lowest BCUT2D eigenvalue weighted by Gasteiger charge is -2.25. The monoisotopic (exact) mass is 232 g/mol. The number of rotatable bonds is 2. The summed E-state index contributed by atoms with van der Waals surface area (Å²) >= 11 is 0. The maximum absolute atomic E-state index is 11.7. The Morgan fingerprint density at radius 1 is 1.47 bits per heavy atom. The van der Waals surface area contributed by atoms with Crippen LogP contribution in [0.4, 0.5) is 0 Å². The van der Waals surface area contributed by atoms with Crippen LogP contribution in [0.1, 0.15) is 50.8 Å². The molecule has 2 aromatic heterocycles. The predicted molar refractivity (Wildman–Crippen MR) is 65.1 cm³/mol. The van der Waals surface area contributed by atoms with Crippen molar-refractivity contribution in [1.29, 1.82) is 0 Å². The van der Waals surface area contributed by atoms with Gasteiger partial charge in [0.1, 0.15) is 5.52 Å². The molecule has 2 aromatic rings. The Kier molecular flexibility index (Phi) is 2.28. The van der Waals surface area contributed by atoms with Crippen LogP contribution in [0.25, 0.3) is 10.9 Å². The third-order valence-corrected chi connectivity index (χ3v) is 3.49. The molecule has 1 aliphatic rings. The molecule has 17 heavy (non-hydrogen) atoms. The van der Waals surface area contributed by atoms with Gasteiger partial charge in [-0.2, -0.15) is 10.2 Å². The first kappa shape index (κ1) is 10.5. The number of H-pyrrole nitrogens is 1. The van der Waals surface area contributed by atoms with Crippen LogP contribution in [0.15, 0.2) is 11.0 Å². The number of aromatic amines is 1. The van der Waals surface area contributed by atoms with E-state index in [-0.39, 0.29) is 11.5 Å². The fourth-order valence-electron chi connectivity index (χ4n) is 2.21.